The standard InChI is InChI=1S/C16H20N2O/c1-11(10-16(18)19)9-15(17)14-8-4-6-12-5-2-3-7-13(12)14/h2-8,11,15H,9-10,17H2,1H3,(H2,18,19). The highest BCUT2D eigenvalue weighted by Gasteiger charge is 2.14. The molecule has 2 aromatic carbocycles. The normalized spacial score (nSPS) is 14.2. The highest BCUT2D eigenvalue weighted by Crippen LogP contribution is 2.27. The van der Waals surface area contributed by atoms with Gasteiger partial charge in [0.1, 0.15) is 0 Å². The van der Waals surface area contributed by atoms with Crippen LogP contribution >= 0.6 is 0 Å². The van der Waals surface area contributed by atoms with Crippen molar-refractivity contribution in [2.24, 2.45) is 17.4 Å². The molecule has 100 valence electrons. The van der Waals surface area contributed by atoms with Crippen LogP contribution in [0.3, 0.4) is 0 Å². The first-order valence-electron chi connectivity index (χ1n) is 6.59. The van der Waals surface area contributed by atoms with Crippen molar-refractivity contribution < 1.29 is 4.79 Å². The molecule has 0 saturated heterocycles. The van der Waals surface area contributed by atoms with Crippen molar-refractivity contribution in [1.82, 2.24) is 0 Å². The molecule has 0 saturated carbocycles. The molecule has 1 amide bonds. The van der Waals surface area contributed by atoms with Crippen LogP contribution in [0.15, 0.2) is 42.5 Å². The van der Waals surface area contributed by atoms with Gasteiger partial charge in [-0.2, -0.15) is 0 Å². The molecule has 2 rings (SSSR count). The number of hydrogen-bond acceptors (Lipinski definition) is 2. The smallest absolute Gasteiger partial charge is 0.217 e. The maximum Gasteiger partial charge on any atom is 0.217 e. The minimum Gasteiger partial charge on any atom is -0.370 e. The molecule has 3 heteroatoms. The average Bonchev–Trinajstić information content (AvgIpc) is 2.36. The van der Waals surface area contributed by atoms with E-state index in [0.717, 1.165) is 12.0 Å². The molecule has 2 unspecified atom stereocenters. The van der Waals surface area contributed by atoms with E-state index >= 15 is 0 Å². The summed E-state index contributed by atoms with van der Waals surface area (Å²) in [4.78, 5) is 10.9. The molecule has 0 aliphatic rings. The lowest BCUT2D eigenvalue weighted by atomic mass is 9.91. The van der Waals surface area contributed by atoms with Crippen LogP contribution < -0.4 is 11.5 Å². The summed E-state index contributed by atoms with van der Waals surface area (Å²) in [5, 5.41) is 2.38. The van der Waals surface area contributed by atoms with E-state index in [1.165, 1.54) is 10.8 Å². The van der Waals surface area contributed by atoms with Crippen LogP contribution in [0.5, 0.6) is 0 Å². The number of primary amides is 1. The third-order valence-corrected chi connectivity index (χ3v) is 3.43. The van der Waals surface area contributed by atoms with Crippen LogP contribution in [0.1, 0.15) is 31.4 Å². The number of nitrogens with two attached hydrogens (primary N) is 2. The molecule has 4 N–H and O–H groups in total. The van der Waals surface area contributed by atoms with Crippen LogP contribution in [-0.4, -0.2) is 5.91 Å². The van der Waals surface area contributed by atoms with Crippen LogP contribution in [0, 0.1) is 5.92 Å². The Bertz CT molecular complexity index is 574. The molecule has 3 nitrogen and oxygen atoms in total. The Morgan fingerprint density at radius 1 is 1.16 bits per heavy atom. The Balaban J connectivity index is 2.21. The van der Waals surface area contributed by atoms with Gasteiger partial charge in [-0.25, -0.2) is 0 Å². The number of carbonyl (C=O) groups is 1. The number of benzene rings is 2. The zero-order chi connectivity index (χ0) is 13.8. The second-order valence-corrected chi connectivity index (χ2v) is 5.19. The van der Waals surface area contributed by atoms with E-state index in [1.54, 1.807) is 0 Å². The fraction of sp³-hybridized carbons (Fsp3) is 0.312. The van der Waals surface area contributed by atoms with E-state index < -0.39 is 0 Å². The summed E-state index contributed by atoms with van der Waals surface area (Å²) in [6.07, 6.45) is 1.15. The van der Waals surface area contributed by atoms with Gasteiger partial charge in [-0.05, 0) is 28.7 Å². The van der Waals surface area contributed by atoms with Gasteiger partial charge in [0.05, 0.1) is 0 Å². The monoisotopic (exact) mass is 256 g/mol. The molecule has 0 aliphatic heterocycles. The lowest BCUT2D eigenvalue weighted by molar-refractivity contribution is -0.118. The fourth-order valence-corrected chi connectivity index (χ4v) is 2.56. The quantitative estimate of drug-likeness (QED) is 0.863. The van der Waals surface area contributed by atoms with E-state index in [4.69, 9.17) is 11.5 Å². The predicted octanol–water partition coefficient (Wildman–Crippen LogP) is 2.74. The van der Waals surface area contributed by atoms with E-state index in [-0.39, 0.29) is 17.9 Å². The molecule has 0 heterocycles. The molecular formula is C16H20N2O. The van der Waals surface area contributed by atoms with Gasteiger partial charge in [-0.3, -0.25) is 4.79 Å². The van der Waals surface area contributed by atoms with Gasteiger partial charge in [0.25, 0.3) is 0 Å². The van der Waals surface area contributed by atoms with Crippen LogP contribution in [-0.2, 0) is 4.79 Å². The SMILES string of the molecule is CC(CC(N)=O)CC(N)c1cccc2ccccc12. The van der Waals surface area contributed by atoms with Gasteiger partial charge in [0.15, 0.2) is 0 Å². The van der Waals surface area contributed by atoms with Gasteiger partial charge in [-0.1, -0.05) is 49.4 Å². The van der Waals surface area contributed by atoms with Crippen LogP contribution in [0.2, 0.25) is 0 Å². The largest absolute Gasteiger partial charge is 0.370 e. The minimum absolute atomic E-state index is 0.0690. The predicted molar refractivity (Wildman–Crippen MR) is 78.5 cm³/mol. The summed E-state index contributed by atoms with van der Waals surface area (Å²) in [6, 6.07) is 14.3. The van der Waals surface area contributed by atoms with Gasteiger partial charge in [0, 0.05) is 12.5 Å². The Morgan fingerprint density at radius 2 is 1.84 bits per heavy atom. The van der Waals surface area contributed by atoms with Crippen molar-refractivity contribution in [3.63, 3.8) is 0 Å². The molecular weight excluding hydrogens is 236 g/mol. The molecule has 0 fully saturated rings. The summed E-state index contributed by atoms with van der Waals surface area (Å²) in [7, 11) is 0. The van der Waals surface area contributed by atoms with Gasteiger partial charge in [0.2, 0.25) is 5.91 Å². The lowest BCUT2D eigenvalue weighted by Crippen LogP contribution is -2.19. The second-order valence-electron chi connectivity index (χ2n) is 5.19. The maximum atomic E-state index is 10.9. The Hall–Kier alpha value is -1.87. The van der Waals surface area contributed by atoms with Crippen molar-refractivity contribution in [2.75, 3.05) is 0 Å². The molecule has 0 bridgehead atoms. The summed E-state index contributed by atoms with van der Waals surface area (Å²) in [6.45, 7) is 2.01. The lowest BCUT2D eigenvalue weighted by Gasteiger charge is -2.18. The number of rotatable bonds is 5. The van der Waals surface area contributed by atoms with Crippen LogP contribution in [0.25, 0.3) is 10.8 Å². The van der Waals surface area contributed by atoms with Gasteiger partial charge >= 0.3 is 0 Å². The zero-order valence-corrected chi connectivity index (χ0v) is 11.2. The van der Waals surface area contributed by atoms with E-state index in [9.17, 15) is 4.79 Å². The number of amides is 1. The minimum atomic E-state index is -0.266. The van der Waals surface area contributed by atoms with Gasteiger partial charge in [-0.15, -0.1) is 0 Å². The number of carbonyl (C=O) groups excluding carboxylic acids is 1. The van der Waals surface area contributed by atoms with Crippen molar-refractivity contribution >= 4 is 16.7 Å². The average molecular weight is 256 g/mol. The summed E-state index contributed by atoms with van der Waals surface area (Å²) >= 11 is 0. The van der Waals surface area contributed by atoms with E-state index in [2.05, 4.69) is 24.3 Å². The third kappa shape index (κ3) is 3.32. The van der Waals surface area contributed by atoms with Gasteiger partial charge < -0.3 is 11.5 Å². The summed E-state index contributed by atoms with van der Waals surface area (Å²) < 4.78 is 0. The number of fused-ring (bicyclic) bond motifs is 1. The zero-order valence-electron chi connectivity index (χ0n) is 11.2. The molecule has 19 heavy (non-hydrogen) atoms. The first kappa shape index (κ1) is 13.6. The Kier molecular flexibility index (Phi) is 4.17. The highest BCUT2D eigenvalue weighted by molar-refractivity contribution is 5.86. The van der Waals surface area contributed by atoms with Crippen molar-refractivity contribution in [2.45, 2.75) is 25.8 Å². The molecule has 0 radical (unpaired) electrons. The first-order valence-corrected chi connectivity index (χ1v) is 6.59. The molecule has 0 aromatic heterocycles. The summed E-state index contributed by atoms with van der Waals surface area (Å²) in [5.41, 5.74) is 12.6. The highest BCUT2D eigenvalue weighted by atomic mass is 16.1. The van der Waals surface area contributed by atoms with E-state index in [0.29, 0.717) is 6.42 Å². The van der Waals surface area contributed by atoms with Crippen molar-refractivity contribution in [3.8, 4) is 0 Å². The Labute approximate surface area is 113 Å². The fourth-order valence-electron chi connectivity index (χ4n) is 2.56. The maximum absolute atomic E-state index is 10.9. The molecule has 0 spiro atoms. The number of hydrogen-bond donors (Lipinski definition) is 2. The molecule has 2 aromatic rings. The van der Waals surface area contributed by atoms with E-state index in [1.807, 2.05) is 25.1 Å². The molecule has 2 atom stereocenters. The topological polar surface area (TPSA) is 69.1 Å². The van der Waals surface area contributed by atoms with Crippen molar-refractivity contribution in [1.29, 1.82) is 0 Å². The molecule has 0 aliphatic carbocycles. The Morgan fingerprint density at radius 3 is 2.58 bits per heavy atom. The van der Waals surface area contributed by atoms with Crippen molar-refractivity contribution in [3.05, 3.63) is 48.0 Å². The summed E-state index contributed by atoms with van der Waals surface area (Å²) in [5.74, 6) is -0.0657. The first-order chi connectivity index (χ1) is 9.08. The van der Waals surface area contributed by atoms with Crippen LogP contribution in [0.4, 0.5) is 0 Å². The third-order valence-electron chi connectivity index (χ3n) is 3.43. The second kappa shape index (κ2) is 5.85.